The van der Waals surface area contributed by atoms with Crippen molar-refractivity contribution in [3.05, 3.63) is 35.2 Å². The highest BCUT2D eigenvalue weighted by atomic mass is 19.3. The number of hydrogen-bond acceptors (Lipinski definition) is 2. The first-order chi connectivity index (χ1) is 8.69. The van der Waals surface area contributed by atoms with Gasteiger partial charge in [0.1, 0.15) is 0 Å². The van der Waals surface area contributed by atoms with Crippen molar-refractivity contribution in [3.8, 4) is 0 Å². The van der Waals surface area contributed by atoms with Crippen molar-refractivity contribution in [2.45, 2.75) is 34.1 Å². The lowest BCUT2D eigenvalue weighted by Gasteiger charge is -1.94. The third kappa shape index (κ3) is 4.99. The van der Waals surface area contributed by atoms with E-state index in [2.05, 4.69) is 9.93 Å². The van der Waals surface area contributed by atoms with Crippen LogP contribution in [0.4, 0.5) is 4.53 Å². The molecule has 0 spiro atoms. The summed E-state index contributed by atoms with van der Waals surface area (Å²) in [4.78, 5) is 16.7. The molecule has 0 fully saturated rings. The van der Waals surface area contributed by atoms with Crippen molar-refractivity contribution in [1.29, 1.82) is 0 Å². The number of aryl methyl sites for hydroxylation is 1. The number of carbonyl (C=O) groups excluding carboxylic acids is 1. The molecule has 0 saturated carbocycles. The highest BCUT2D eigenvalue weighted by Gasteiger charge is 2.03. The number of allylic oxidation sites excluding steroid dienone is 1. The molecule has 0 aliphatic carbocycles. The van der Waals surface area contributed by atoms with Gasteiger partial charge in [0, 0.05) is 28.1 Å². The van der Waals surface area contributed by atoms with Crippen LogP contribution in [0.25, 0.3) is 12.2 Å². The fourth-order valence-electron chi connectivity index (χ4n) is 1.34. The van der Waals surface area contributed by atoms with Gasteiger partial charge in [-0.3, -0.25) is 4.94 Å². The molecule has 3 nitrogen and oxygen atoms in total. The van der Waals surface area contributed by atoms with Crippen molar-refractivity contribution in [2.75, 3.05) is 0 Å². The topological polar surface area (TPSA) is 42.1 Å². The molecule has 1 aromatic rings. The third-order valence-electron chi connectivity index (χ3n) is 2.15. The minimum absolute atomic E-state index is 0.826. The molecule has 0 saturated heterocycles. The summed E-state index contributed by atoms with van der Waals surface area (Å²) in [5.41, 5.74) is 2.82. The first kappa shape index (κ1) is 16.2. The monoisotopic (exact) mass is 253 g/mol. The summed E-state index contributed by atoms with van der Waals surface area (Å²) in [6.07, 6.45) is 9.23. The number of aromatic nitrogens is 1. The number of nitrogens with one attached hydrogen (secondary N) is 1. The average molecular weight is 253 g/mol. The van der Waals surface area contributed by atoms with E-state index < -0.39 is 5.97 Å². The maximum Gasteiger partial charge on any atom is 0.372 e. The Morgan fingerprint density at radius 2 is 2.11 bits per heavy atom. The zero-order valence-corrected chi connectivity index (χ0v) is 11.3. The maximum atomic E-state index is 11.5. The van der Waals surface area contributed by atoms with Crippen LogP contribution >= 0.6 is 0 Å². The lowest BCUT2D eigenvalue weighted by molar-refractivity contribution is -0.176. The Hall–Kier alpha value is -1.84. The number of H-pyrrole nitrogens is 1. The lowest BCUT2D eigenvalue weighted by atomic mass is 10.1. The van der Waals surface area contributed by atoms with Crippen molar-refractivity contribution < 1.29 is 14.3 Å². The van der Waals surface area contributed by atoms with Crippen LogP contribution in [0.2, 0.25) is 0 Å². The molecule has 1 heterocycles. The highest BCUT2D eigenvalue weighted by Crippen LogP contribution is 2.17. The second-order valence-electron chi connectivity index (χ2n) is 3.32. The van der Waals surface area contributed by atoms with E-state index in [0.29, 0.717) is 0 Å². The van der Waals surface area contributed by atoms with E-state index in [4.69, 9.17) is 0 Å². The van der Waals surface area contributed by atoms with Crippen LogP contribution in [0, 0.1) is 6.92 Å². The van der Waals surface area contributed by atoms with Crippen LogP contribution in [0.3, 0.4) is 0 Å². The summed E-state index contributed by atoms with van der Waals surface area (Å²) in [5.74, 6) is -1.01. The lowest BCUT2D eigenvalue weighted by Crippen LogP contribution is -1.89. The van der Waals surface area contributed by atoms with Gasteiger partial charge >= 0.3 is 5.97 Å². The summed E-state index contributed by atoms with van der Waals surface area (Å²) >= 11 is 0. The second-order valence-corrected chi connectivity index (χ2v) is 3.32. The predicted molar refractivity (Wildman–Crippen MR) is 72.4 cm³/mol. The fourth-order valence-corrected chi connectivity index (χ4v) is 1.34. The average Bonchev–Trinajstić information content (AvgIpc) is 2.76. The Balaban J connectivity index is 0.00000137. The quantitative estimate of drug-likeness (QED) is 0.816. The summed E-state index contributed by atoms with van der Waals surface area (Å²) in [7, 11) is 0. The van der Waals surface area contributed by atoms with Crippen LogP contribution in [0.15, 0.2) is 18.3 Å². The van der Waals surface area contributed by atoms with Gasteiger partial charge in [0.25, 0.3) is 0 Å². The molecule has 1 aromatic heterocycles. The van der Waals surface area contributed by atoms with Crippen molar-refractivity contribution in [2.24, 2.45) is 0 Å². The van der Waals surface area contributed by atoms with Gasteiger partial charge in [-0.05, 0) is 25.0 Å². The Morgan fingerprint density at radius 3 is 2.67 bits per heavy atom. The van der Waals surface area contributed by atoms with E-state index in [9.17, 15) is 9.32 Å². The summed E-state index contributed by atoms with van der Waals surface area (Å²) in [6, 6.07) is 0. The van der Waals surface area contributed by atoms with E-state index in [-0.39, 0.29) is 0 Å². The molecular weight excluding hydrogens is 233 g/mol. The molecule has 0 unspecified atom stereocenters. The smallest absolute Gasteiger partial charge is 0.364 e. The van der Waals surface area contributed by atoms with E-state index in [0.717, 1.165) is 29.3 Å². The zero-order valence-electron chi connectivity index (χ0n) is 11.3. The summed E-state index contributed by atoms with van der Waals surface area (Å²) in [5, 5.41) is 0. The fraction of sp³-hybridized carbons (Fsp3) is 0.357. The molecule has 1 N–H and O–H groups in total. The first-order valence-electron chi connectivity index (χ1n) is 6.04. The molecule has 0 atom stereocenters. The Morgan fingerprint density at radius 1 is 1.44 bits per heavy atom. The van der Waals surface area contributed by atoms with Gasteiger partial charge in [-0.1, -0.05) is 32.9 Å². The first-order valence-corrected chi connectivity index (χ1v) is 6.04. The SMILES string of the molecule is CC.CC/C=C\c1c(/C=C/C(=O)OF)c[nH]c1C. The Kier molecular flexibility index (Phi) is 8.27. The predicted octanol–water partition coefficient (Wildman–Crippen LogP) is 4.21. The molecule has 0 radical (unpaired) electrons. The number of hydrogen-bond donors (Lipinski definition) is 1. The van der Waals surface area contributed by atoms with Gasteiger partial charge in [0.2, 0.25) is 0 Å². The van der Waals surface area contributed by atoms with Gasteiger partial charge < -0.3 is 4.98 Å². The molecule has 18 heavy (non-hydrogen) atoms. The molecule has 0 aliphatic rings. The molecule has 0 aliphatic heterocycles. The molecule has 4 heteroatoms. The van der Waals surface area contributed by atoms with E-state index in [1.807, 2.05) is 39.8 Å². The number of carbonyl (C=O) groups is 1. The minimum Gasteiger partial charge on any atom is -0.364 e. The normalized spacial score (nSPS) is 10.5. The van der Waals surface area contributed by atoms with Gasteiger partial charge in [-0.2, -0.15) is 0 Å². The summed E-state index contributed by atoms with van der Waals surface area (Å²) in [6.45, 7) is 7.97. The molecular formula is C14H20FNO2. The van der Waals surface area contributed by atoms with Crippen LogP contribution in [0.5, 0.6) is 0 Å². The largest absolute Gasteiger partial charge is 0.372 e. The third-order valence-corrected chi connectivity index (χ3v) is 2.15. The zero-order chi connectivity index (χ0) is 14.0. The molecule has 0 aromatic carbocycles. The standard InChI is InChI=1S/C12H14FNO2.C2H6/c1-3-4-5-11-9(2)14-8-10(11)6-7-12(15)16-13;1-2/h4-8,14H,3H2,1-2H3;1-2H3/b5-4-,7-6+;. The van der Waals surface area contributed by atoms with Crippen LogP contribution in [-0.2, 0) is 9.74 Å². The second kappa shape index (κ2) is 9.22. The van der Waals surface area contributed by atoms with E-state index in [1.165, 1.54) is 6.08 Å². The van der Waals surface area contributed by atoms with Crippen LogP contribution in [0.1, 0.15) is 44.0 Å². The van der Waals surface area contributed by atoms with Gasteiger partial charge in [-0.25, -0.2) is 4.79 Å². The number of rotatable bonds is 4. The molecule has 1 rings (SSSR count). The minimum atomic E-state index is -1.01. The van der Waals surface area contributed by atoms with Crippen LogP contribution < -0.4 is 0 Å². The van der Waals surface area contributed by atoms with Gasteiger partial charge in [-0.15, -0.1) is 0 Å². The Labute approximate surface area is 107 Å². The summed E-state index contributed by atoms with van der Waals surface area (Å²) < 4.78 is 11.5. The Bertz CT molecular complexity index is 419. The molecule has 100 valence electrons. The molecule has 0 amide bonds. The number of halogens is 1. The van der Waals surface area contributed by atoms with Crippen molar-refractivity contribution in [1.82, 2.24) is 4.98 Å². The van der Waals surface area contributed by atoms with Gasteiger partial charge in [0.15, 0.2) is 0 Å². The highest BCUT2D eigenvalue weighted by molar-refractivity contribution is 5.87. The van der Waals surface area contributed by atoms with Crippen molar-refractivity contribution in [3.63, 3.8) is 0 Å². The van der Waals surface area contributed by atoms with Gasteiger partial charge in [0.05, 0.1) is 0 Å². The van der Waals surface area contributed by atoms with Crippen LogP contribution in [-0.4, -0.2) is 11.0 Å². The molecule has 0 bridgehead atoms. The van der Waals surface area contributed by atoms with Crippen molar-refractivity contribution >= 4 is 18.1 Å². The van der Waals surface area contributed by atoms with E-state index >= 15 is 0 Å². The van der Waals surface area contributed by atoms with E-state index in [1.54, 1.807) is 6.20 Å². The number of aromatic amines is 1. The maximum absolute atomic E-state index is 11.5.